The van der Waals surface area contributed by atoms with Crippen LogP contribution in [0.25, 0.3) is 0 Å². The lowest BCUT2D eigenvalue weighted by molar-refractivity contribution is 0.192. The first-order valence-electron chi connectivity index (χ1n) is 8.87. The van der Waals surface area contributed by atoms with Crippen LogP contribution in [0.3, 0.4) is 0 Å². The molecule has 0 spiro atoms. The molecule has 0 amide bonds. The van der Waals surface area contributed by atoms with Crippen molar-refractivity contribution in [2.45, 2.75) is 13.3 Å². The van der Waals surface area contributed by atoms with Crippen LogP contribution in [0.4, 0.5) is 5.82 Å². The molecule has 0 radical (unpaired) electrons. The minimum Gasteiger partial charge on any atom is -0.493 e. The topological polar surface area (TPSA) is 99.7 Å². The van der Waals surface area contributed by atoms with Crippen molar-refractivity contribution < 1.29 is 19.3 Å². The second kappa shape index (κ2) is 9.05. The van der Waals surface area contributed by atoms with Gasteiger partial charge in [0.1, 0.15) is 12.4 Å². The van der Waals surface area contributed by atoms with Crippen LogP contribution in [-0.4, -0.2) is 35.4 Å². The van der Waals surface area contributed by atoms with E-state index in [0.29, 0.717) is 23.7 Å². The lowest BCUT2D eigenvalue weighted by atomic mass is 10.1. The summed E-state index contributed by atoms with van der Waals surface area (Å²) in [4.78, 5) is 8.86. The molecule has 0 saturated carbocycles. The predicted octanol–water partition coefficient (Wildman–Crippen LogP) is 3.13. The number of aryl methyl sites for hydroxylation is 1. The first-order chi connectivity index (χ1) is 13.6. The number of aromatic nitrogens is 2. The van der Waals surface area contributed by atoms with Crippen LogP contribution in [0, 0.1) is 6.92 Å². The first-order valence-corrected chi connectivity index (χ1v) is 8.87. The third-order valence-electron chi connectivity index (χ3n) is 4.13. The van der Waals surface area contributed by atoms with E-state index in [9.17, 15) is 0 Å². The zero-order valence-electron chi connectivity index (χ0n) is 15.9. The fraction of sp³-hybridized carbons (Fsp3) is 0.238. The van der Waals surface area contributed by atoms with Crippen LogP contribution < -0.4 is 19.9 Å². The number of aliphatic hydroxyl groups excluding tert-OH is 1. The summed E-state index contributed by atoms with van der Waals surface area (Å²) in [6, 6.07) is 15.2. The van der Waals surface area contributed by atoms with Crippen molar-refractivity contribution >= 4 is 5.82 Å². The molecule has 0 aliphatic rings. The van der Waals surface area contributed by atoms with E-state index in [1.165, 1.54) is 0 Å². The Kier molecular flexibility index (Phi) is 6.29. The third kappa shape index (κ3) is 4.50. The van der Waals surface area contributed by atoms with Gasteiger partial charge in [0.05, 0.1) is 13.7 Å². The molecule has 28 heavy (non-hydrogen) atoms. The lowest BCUT2D eigenvalue weighted by Gasteiger charge is -2.15. The Morgan fingerprint density at radius 3 is 2.43 bits per heavy atom. The Labute approximate surface area is 163 Å². The number of hydrogen-bond acceptors (Lipinski definition) is 7. The summed E-state index contributed by atoms with van der Waals surface area (Å²) in [6.07, 6.45) is 0.501. The Hall–Kier alpha value is -3.32. The van der Waals surface area contributed by atoms with Gasteiger partial charge < -0.3 is 25.1 Å². The van der Waals surface area contributed by atoms with Gasteiger partial charge in [-0.3, -0.25) is 0 Å². The van der Waals surface area contributed by atoms with Crippen molar-refractivity contribution in [1.82, 2.24) is 9.97 Å². The van der Waals surface area contributed by atoms with Gasteiger partial charge in [0.2, 0.25) is 5.75 Å². The van der Waals surface area contributed by atoms with E-state index < -0.39 is 0 Å². The molecule has 0 fully saturated rings. The Balaban J connectivity index is 1.96. The maximum absolute atomic E-state index is 9.14. The molecule has 0 aliphatic carbocycles. The summed E-state index contributed by atoms with van der Waals surface area (Å²) in [7, 11) is 1.55. The highest BCUT2D eigenvalue weighted by Crippen LogP contribution is 2.38. The number of nitrogen functional groups attached to an aromatic ring is 1. The molecule has 1 heterocycles. The number of benzene rings is 2. The molecule has 3 aromatic rings. The van der Waals surface area contributed by atoms with Gasteiger partial charge in [-0.05, 0) is 30.2 Å². The normalized spacial score (nSPS) is 10.5. The molecule has 0 unspecified atom stereocenters. The van der Waals surface area contributed by atoms with Crippen LogP contribution >= 0.6 is 0 Å². The standard InChI is InChI=1S/C21H23N3O4/c1-14-7-3-4-8-15(14)13-18-23-20(22)19(21(24-18)27-12-11-25)28-17-10-6-5-9-16(17)26-2/h3-10,25H,11-13H2,1-2H3,(H2,22,23,24). The minimum atomic E-state index is -0.162. The molecule has 3 N–H and O–H groups in total. The summed E-state index contributed by atoms with van der Waals surface area (Å²) in [5, 5.41) is 9.14. The molecular weight excluding hydrogens is 358 g/mol. The van der Waals surface area contributed by atoms with Crippen LogP contribution in [0.15, 0.2) is 48.5 Å². The first kappa shape index (κ1) is 19.4. The number of rotatable bonds is 8. The monoisotopic (exact) mass is 381 g/mol. The van der Waals surface area contributed by atoms with Gasteiger partial charge in [-0.1, -0.05) is 36.4 Å². The summed E-state index contributed by atoms with van der Waals surface area (Å²) in [5.41, 5.74) is 8.39. The van der Waals surface area contributed by atoms with E-state index in [-0.39, 0.29) is 30.7 Å². The van der Waals surface area contributed by atoms with Gasteiger partial charge >= 0.3 is 0 Å². The van der Waals surface area contributed by atoms with Crippen molar-refractivity contribution in [2.24, 2.45) is 0 Å². The summed E-state index contributed by atoms with van der Waals surface area (Å²) in [6.45, 7) is 1.93. The highest BCUT2D eigenvalue weighted by Gasteiger charge is 2.18. The number of nitrogens with zero attached hydrogens (tertiary/aromatic N) is 2. The zero-order valence-corrected chi connectivity index (χ0v) is 15.9. The van der Waals surface area contributed by atoms with Crippen molar-refractivity contribution in [1.29, 1.82) is 0 Å². The fourth-order valence-corrected chi connectivity index (χ4v) is 2.70. The molecular formula is C21H23N3O4. The average Bonchev–Trinajstić information content (AvgIpc) is 2.70. The highest BCUT2D eigenvalue weighted by molar-refractivity contribution is 5.56. The molecule has 7 nitrogen and oxygen atoms in total. The Morgan fingerprint density at radius 2 is 1.71 bits per heavy atom. The number of hydrogen-bond donors (Lipinski definition) is 2. The molecule has 1 aromatic heterocycles. The molecule has 0 atom stereocenters. The molecule has 0 saturated heterocycles. The smallest absolute Gasteiger partial charge is 0.263 e. The summed E-state index contributed by atoms with van der Waals surface area (Å²) >= 11 is 0. The van der Waals surface area contributed by atoms with Gasteiger partial charge in [-0.2, -0.15) is 4.98 Å². The number of nitrogens with two attached hydrogens (primary N) is 1. The van der Waals surface area contributed by atoms with E-state index >= 15 is 0 Å². The predicted molar refractivity (Wildman–Crippen MR) is 106 cm³/mol. The van der Waals surface area contributed by atoms with Crippen LogP contribution in [0.1, 0.15) is 17.0 Å². The number of para-hydroxylation sites is 2. The van der Waals surface area contributed by atoms with Crippen molar-refractivity contribution in [2.75, 3.05) is 26.1 Å². The second-order valence-corrected chi connectivity index (χ2v) is 6.09. The Morgan fingerprint density at radius 1 is 1.00 bits per heavy atom. The number of methoxy groups -OCH3 is 1. The molecule has 146 valence electrons. The quantitative estimate of drug-likeness (QED) is 0.618. The van der Waals surface area contributed by atoms with Crippen molar-refractivity contribution in [3.8, 4) is 23.1 Å². The van der Waals surface area contributed by atoms with Gasteiger partial charge in [0, 0.05) is 6.42 Å². The number of ether oxygens (including phenoxy) is 3. The highest BCUT2D eigenvalue weighted by atomic mass is 16.5. The van der Waals surface area contributed by atoms with E-state index in [1.807, 2.05) is 43.3 Å². The second-order valence-electron chi connectivity index (χ2n) is 6.09. The largest absolute Gasteiger partial charge is 0.493 e. The SMILES string of the molecule is COc1ccccc1Oc1c(N)nc(Cc2ccccc2C)nc1OCCO. The van der Waals surface area contributed by atoms with Crippen LogP contribution in [0.5, 0.6) is 23.1 Å². The minimum absolute atomic E-state index is 0.0581. The van der Waals surface area contributed by atoms with Gasteiger partial charge in [-0.25, -0.2) is 4.98 Å². The fourth-order valence-electron chi connectivity index (χ4n) is 2.70. The maximum atomic E-state index is 9.14. The van der Waals surface area contributed by atoms with Crippen LogP contribution in [-0.2, 0) is 6.42 Å². The third-order valence-corrected chi connectivity index (χ3v) is 4.13. The van der Waals surface area contributed by atoms with E-state index in [1.54, 1.807) is 19.2 Å². The lowest BCUT2D eigenvalue weighted by Crippen LogP contribution is -2.10. The average molecular weight is 381 g/mol. The summed E-state index contributed by atoms with van der Waals surface area (Å²) < 4.78 is 16.8. The maximum Gasteiger partial charge on any atom is 0.263 e. The molecule has 0 aliphatic heterocycles. The molecule has 3 rings (SSSR count). The molecule has 0 bridgehead atoms. The zero-order chi connectivity index (χ0) is 19.9. The summed E-state index contributed by atoms with van der Waals surface area (Å²) in [5.74, 6) is 2.02. The van der Waals surface area contributed by atoms with E-state index in [2.05, 4.69) is 9.97 Å². The van der Waals surface area contributed by atoms with Gasteiger partial charge in [0.15, 0.2) is 17.3 Å². The number of anilines is 1. The van der Waals surface area contributed by atoms with Gasteiger partial charge in [0.25, 0.3) is 5.88 Å². The molecule has 7 heteroatoms. The van der Waals surface area contributed by atoms with Crippen molar-refractivity contribution in [3.63, 3.8) is 0 Å². The van der Waals surface area contributed by atoms with Crippen LogP contribution in [0.2, 0.25) is 0 Å². The Bertz CT molecular complexity index is 947. The molecule has 2 aromatic carbocycles. The van der Waals surface area contributed by atoms with E-state index in [0.717, 1.165) is 11.1 Å². The van der Waals surface area contributed by atoms with E-state index in [4.69, 9.17) is 25.1 Å². The van der Waals surface area contributed by atoms with Gasteiger partial charge in [-0.15, -0.1) is 0 Å². The van der Waals surface area contributed by atoms with Crippen molar-refractivity contribution in [3.05, 3.63) is 65.5 Å². The number of aliphatic hydroxyl groups is 1.